The van der Waals surface area contributed by atoms with Crippen molar-refractivity contribution in [3.05, 3.63) is 34.3 Å². The summed E-state index contributed by atoms with van der Waals surface area (Å²) >= 11 is 7.05. The largest absolute Gasteiger partial charge is 0.355 e. The smallest absolute Gasteiger partial charge is 0.224 e. The van der Waals surface area contributed by atoms with E-state index in [9.17, 15) is 4.79 Å². The van der Waals surface area contributed by atoms with Gasteiger partial charge in [-0.3, -0.25) is 4.79 Å². The van der Waals surface area contributed by atoms with Gasteiger partial charge in [-0.15, -0.1) is 0 Å². The number of amides is 1. The molecule has 1 rings (SSSR count). The predicted molar refractivity (Wildman–Crippen MR) is 87.6 cm³/mol. The SMILES string of the molecule is CCC(CC)C(Br)CNC(=O)Cc1ccc(Br)cc1. The first-order valence-corrected chi connectivity index (χ1v) is 8.42. The van der Waals surface area contributed by atoms with E-state index in [0.717, 1.165) is 22.9 Å². The fourth-order valence-corrected chi connectivity index (χ4v) is 3.20. The van der Waals surface area contributed by atoms with Crippen molar-refractivity contribution in [3.63, 3.8) is 0 Å². The first-order chi connectivity index (χ1) is 9.06. The summed E-state index contributed by atoms with van der Waals surface area (Å²) in [5.74, 6) is 0.700. The Bertz CT molecular complexity index is 388. The van der Waals surface area contributed by atoms with Crippen LogP contribution in [0, 0.1) is 5.92 Å². The molecule has 0 bridgehead atoms. The van der Waals surface area contributed by atoms with Crippen LogP contribution in [-0.4, -0.2) is 17.3 Å². The minimum Gasteiger partial charge on any atom is -0.355 e. The Balaban J connectivity index is 2.37. The van der Waals surface area contributed by atoms with Crippen LogP contribution >= 0.6 is 31.9 Å². The molecule has 0 saturated heterocycles. The molecule has 0 aromatic heterocycles. The van der Waals surface area contributed by atoms with Gasteiger partial charge in [0.05, 0.1) is 6.42 Å². The molecule has 1 unspecified atom stereocenters. The van der Waals surface area contributed by atoms with Crippen molar-refractivity contribution in [1.82, 2.24) is 5.32 Å². The molecular formula is C15H21Br2NO. The van der Waals surface area contributed by atoms with Crippen molar-refractivity contribution < 1.29 is 4.79 Å². The monoisotopic (exact) mass is 389 g/mol. The lowest BCUT2D eigenvalue weighted by Crippen LogP contribution is -2.33. The molecule has 0 spiro atoms. The summed E-state index contributed by atoms with van der Waals surface area (Å²) < 4.78 is 1.03. The van der Waals surface area contributed by atoms with E-state index in [2.05, 4.69) is 51.0 Å². The lowest BCUT2D eigenvalue weighted by Gasteiger charge is -2.19. The number of halogens is 2. The molecule has 1 atom stereocenters. The van der Waals surface area contributed by atoms with Gasteiger partial charge < -0.3 is 5.32 Å². The highest BCUT2D eigenvalue weighted by Gasteiger charge is 2.15. The lowest BCUT2D eigenvalue weighted by atomic mass is 9.99. The highest BCUT2D eigenvalue weighted by Crippen LogP contribution is 2.19. The normalized spacial score (nSPS) is 12.5. The quantitative estimate of drug-likeness (QED) is 0.690. The molecule has 0 aliphatic heterocycles. The first kappa shape index (κ1) is 16.7. The maximum Gasteiger partial charge on any atom is 0.224 e. The number of benzene rings is 1. The van der Waals surface area contributed by atoms with Gasteiger partial charge in [0.2, 0.25) is 5.91 Å². The summed E-state index contributed by atoms with van der Waals surface area (Å²) in [4.78, 5) is 12.2. The second-order valence-electron chi connectivity index (χ2n) is 4.70. The van der Waals surface area contributed by atoms with Gasteiger partial charge in [-0.2, -0.15) is 0 Å². The Kier molecular flexibility index (Phi) is 7.69. The Morgan fingerprint density at radius 1 is 1.21 bits per heavy atom. The number of rotatable bonds is 7. The first-order valence-electron chi connectivity index (χ1n) is 6.72. The second kappa shape index (κ2) is 8.75. The third-order valence-corrected chi connectivity index (χ3v) is 4.93. The fourth-order valence-electron chi connectivity index (χ4n) is 2.03. The van der Waals surface area contributed by atoms with Crippen LogP contribution in [0.25, 0.3) is 0 Å². The third kappa shape index (κ3) is 6.09. The number of alkyl halides is 1. The maximum atomic E-state index is 11.9. The number of carbonyl (C=O) groups excluding carboxylic acids is 1. The number of carbonyl (C=O) groups is 1. The van der Waals surface area contributed by atoms with Gasteiger partial charge in [-0.05, 0) is 23.6 Å². The molecule has 0 radical (unpaired) electrons. The molecule has 0 aliphatic carbocycles. The summed E-state index contributed by atoms with van der Waals surface area (Å²) in [7, 11) is 0. The predicted octanol–water partition coefficient (Wildman–Crippen LogP) is 4.31. The number of hydrogen-bond acceptors (Lipinski definition) is 1. The van der Waals surface area contributed by atoms with E-state index in [1.54, 1.807) is 0 Å². The van der Waals surface area contributed by atoms with Gasteiger partial charge >= 0.3 is 0 Å². The molecule has 1 N–H and O–H groups in total. The van der Waals surface area contributed by atoms with E-state index in [1.165, 1.54) is 0 Å². The maximum absolute atomic E-state index is 11.9. The van der Waals surface area contributed by atoms with Crippen molar-refractivity contribution in [1.29, 1.82) is 0 Å². The van der Waals surface area contributed by atoms with Crippen LogP contribution in [0.3, 0.4) is 0 Å². The zero-order valence-corrected chi connectivity index (χ0v) is 14.6. The molecule has 19 heavy (non-hydrogen) atoms. The van der Waals surface area contributed by atoms with Crippen molar-refractivity contribution in [2.24, 2.45) is 5.92 Å². The highest BCUT2D eigenvalue weighted by molar-refractivity contribution is 9.10. The van der Waals surface area contributed by atoms with Crippen molar-refractivity contribution in [2.75, 3.05) is 6.54 Å². The van der Waals surface area contributed by atoms with Crippen LogP contribution in [0.4, 0.5) is 0 Å². The van der Waals surface area contributed by atoms with E-state index in [1.807, 2.05) is 24.3 Å². The Morgan fingerprint density at radius 3 is 2.32 bits per heavy atom. The standard InChI is InChI=1S/C15H21Br2NO/c1-3-12(4-2)14(17)10-18-15(19)9-11-5-7-13(16)8-6-11/h5-8,12,14H,3-4,9-10H2,1-2H3,(H,18,19). The van der Waals surface area contributed by atoms with Crippen molar-refractivity contribution >= 4 is 37.8 Å². The molecule has 2 nitrogen and oxygen atoms in total. The van der Waals surface area contributed by atoms with Crippen molar-refractivity contribution in [3.8, 4) is 0 Å². The van der Waals surface area contributed by atoms with Gasteiger partial charge in [-0.25, -0.2) is 0 Å². The summed E-state index contributed by atoms with van der Waals surface area (Å²) in [6.45, 7) is 5.07. The zero-order valence-electron chi connectivity index (χ0n) is 11.5. The molecule has 0 heterocycles. The van der Waals surface area contributed by atoms with Crippen LogP contribution in [-0.2, 0) is 11.2 Å². The molecule has 4 heteroatoms. The molecule has 106 valence electrons. The van der Waals surface area contributed by atoms with Crippen molar-refractivity contribution in [2.45, 2.75) is 37.9 Å². The Morgan fingerprint density at radius 2 is 1.79 bits per heavy atom. The summed E-state index contributed by atoms with van der Waals surface area (Å²) in [6, 6.07) is 7.85. The molecular weight excluding hydrogens is 370 g/mol. The second-order valence-corrected chi connectivity index (χ2v) is 6.79. The highest BCUT2D eigenvalue weighted by atomic mass is 79.9. The minimum atomic E-state index is 0.0812. The van der Waals surface area contributed by atoms with Crippen LogP contribution in [0.5, 0.6) is 0 Å². The lowest BCUT2D eigenvalue weighted by molar-refractivity contribution is -0.120. The molecule has 0 fully saturated rings. The van der Waals surface area contributed by atoms with Crippen LogP contribution in [0.2, 0.25) is 0 Å². The van der Waals surface area contributed by atoms with E-state index < -0.39 is 0 Å². The Hall–Kier alpha value is -0.350. The number of hydrogen-bond donors (Lipinski definition) is 1. The topological polar surface area (TPSA) is 29.1 Å². The zero-order chi connectivity index (χ0) is 14.3. The van der Waals surface area contributed by atoms with Crippen LogP contribution in [0.1, 0.15) is 32.3 Å². The molecule has 1 amide bonds. The van der Waals surface area contributed by atoms with Crippen LogP contribution < -0.4 is 5.32 Å². The average Bonchev–Trinajstić information content (AvgIpc) is 2.40. The van der Waals surface area contributed by atoms with E-state index in [-0.39, 0.29) is 5.91 Å². The molecule has 1 aromatic carbocycles. The van der Waals surface area contributed by atoms with Gasteiger partial charge in [-0.1, -0.05) is 70.7 Å². The van der Waals surface area contributed by atoms with Gasteiger partial charge in [0.1, 0.15) is 0 Å². The average molecular weight is 391 g/mol. The van der Waals surface area contributed by atoms with E-state index >= 15 is 0 Å². The van der Waals surface area contributed by atoms with E-state index in [4.69, 9.17) is 0 Å². The Labute approximate surface area is 132 Å². The van der Waals surface area contributed by atoms with E-state index in [0.29, 0.717) is 23.7 Å². The third-order valence-electron chi connectivity index (χ3n) is 3.33. The molecule has 1 aromatic rings. The van der Waals surface area contributed by atoms with Gasteiger partial charge in [0.25, 0.3) is 0 Å². The number of nitrogens with one attached hydrogen (secondary N) is 1. The summed E-state index contributed by atoms with van der Waals surface area (Å²) in [5, 5.41) is 3.00. The summed E-state index contributed by atoms with van der Waals surface area (Å²) in [6.07, 6.45) is 2.71. The summed E-state index contributed by atoms with van der Waals surface area (Å²) in [5.41, 5.74) is 1.04. The van der Waals surface area contributed by atoms with Crippen LogP contribution in [0.15, 0.2) is 28.7 Å². The minimum absolute atomic E-state index is 0.0812. The van der Waals surface area contributed by atoms with Gasteiger partial charge in [0, 0.05) is 15.8 Å². The molecule has 0 aliphatic rings. The molecule has 0 saturated carbocycles. The fraction of sp³-hybridized carbons (Fsp3) is 0.533. The van der Waals surface area contributed by atoms with Gasteiger partial charge in [0.15, 0.2) is 0 Å².